The minimum Gasteiger partial charge on any atom is -0.459 e. The number of fused-ring (bicyclic) bond motifs is 1. The molecule has 1 N–H and O–H groups in total. The van der Waals surface area contributed by atoms with Crippen molar-refractivity contribution in [2.45, 2.75) is 38.6 Å². The fraction of sp³-hybridized carbons (Fsp3) is 0.222. The zero-order valence-electron chi connectivity index (χ0n) is 19.6. The van der Waals surface area contributed by atoms with Crippen molar-refractivity contribution in [3.8, 4) is 22.8 Å². The predicted octanol–water partition coefficient (Wildman–Crippen LogP) is 5.38. The van der Waals surface area contributed by atoms with Crippen LogP contribution < -0.4 is 10.9 Å². The minimum absolute atomic E-state index is 0.0250. The molecule has 2 aromatic carbocycles. The Hall–Kier alpha value is -4.53. The quantitative estimate of drug-likeness (QED) is 0.358. The molecule has 1 amide bonds. The first kappa shape index (κ1) is 22.0. The summed E-state index contributed by atoms with van der Waals surface area (Å²) in [6.07, 6.45) is 5.74. The summed E-state index contributed by atoms with van der Waals surface area (Å²) >= 11 is 0. The molecule has 36 heavy (non-hydrogen) atoms. The number of aryl methyl sites for hydroxylation is 1. The van der Waals surface area contributed by atoms with Crippen molar-refractivity contribution in [2.75, 3.05) is 5.32 Å². The summed E-state index contributed by atoms with van der Waals surface area (Å²) in [5.41, 5.74) is 3.98. The van der Waals surface area contributed by atoms with Crippen molar-refractivity contribution >= 4 is 22.6 Å². The van der Waals surface area contributed by atoms with Gasteiger partial charge in [0.2, 0.25) is 5.82 Å². The number of rotatable bonds is 5. The Morgan fingerprint density at radius 1 is 1.03 bits per heavy atom. The monoisotopic (exact) mass is 481 g/mol. The van der Waals surface area contributed by atoms with Gasteiger partial charge in [-0.3, -0.25) is 9.59 Å². The zero-order valence-corrected chi connectivity index (χ0v) is 19.6. The largest absolute Gasteiger partial charge is 0.459 e. The molecule has 0 saturated heterocycles. The van der Waals surface area contributed by atoms with Crippen molar-refractivity contribution in [3.63, 3.8) is 0 Å². The van der Waals surface area contributed by atoms with E-state index >= 15 is 0 Å². The standard InChI is InChI=1S/C27H23N5O4/c1-16-27(34)32(20-8-2-3-9-20)22-12-11-17(15-21(22)28-16)24-30-26(36-31-24)18-6-4-7-19(14-18)29-25(33)23-10-5-13-35-23/h4-7,10-15,20H,2-3,8-9H2,1H3,(H,29,33). The van der Waals surface area contributed by atoms with Gasteiger partial charge in [-0.05, 0) is 68.3 Å². The molecule has 1 aliphatic rings. The number of nitrogens with one attached hydrogen (secondary N) is 1. The van der Waals surface area contributed by atoms with Crippen LogP contribution in [0, 0.1) is 6.92 Å². The van der Waals surface area contributed by atoms with Crippen molar-refractivity contribution in [1.29, 1.82) is 0 Å². The molecule has 3 aromatic heterocycles. The second-order valence-electron chi connectivity index (χ2n) is 8.95. The summed E-state index contributed by atoms with van der Waals surface area (Å²) in [6, 6.07) is 16.3. The molecule has 3 heterocycles. The van der Waals surface area contributed by atoms with Crippen LogP contribution in [0.2, 0.25) is 0 Å². The molecule has 180 valence electrons. The third-order valence-corrected chi connectivity index (χ3v) is 6.54. The van der Waals surface area contributed by atoms with E-state index in [2.05, 4.69) is 20.4 Å². The summed E-state index contributed by atoms with van der Waals surface area (Å²) in [4.78, 5) is 34.3. The molecule has 0 atom stereocenters. The summed E-state index contributed by atoms with van der Waals surface area (Å²) in [5.74, 6) is 0.603. The number of furan rings is 1. The summed E-state index contributed by atoms with van der Waals surface area (Å²) in [7, 11) is 0. The molecule has 9 nitrogen and oxygen atoms in total. The average molecular weight is 482 g/mol. The van der Waals surface area contributed by atoms with E-state index in [1.807, 2.05) is 28.8 Å². The van der Waals surface area contributed by atoms with E-state index in [9.17, 15) is 9.59 Å². The maximum Gasteiger partial charge on any atom is 0.291 e. The first-order chi connectivity index (χ1) is 17.6. The van der Waals surface area contributed by atoms with Crippen LogP contribution in [0.15, 0.2) is 74.6 Å². The van der Waals surface area contributed by atoms with Crippen LogP contribution in [0.25, 0.3) is 33.9 Å². The Bertz CT molecular complexity index is 1630. The van der Waals surface area contributed by atoms with Gasteiger partial charge in [-0.2, -0.15) is 4.98 Å². The van der Waals surface area contributed by atoms with Crippen LogP contribution in [0.3, 0.4) is 0 Å². The highest BCUT2D eigenvalue weighted by Gasteiger charge is 2.22. The molecule has 0 bridgehead atoms. The minimum atomic E-state index is -0.349. The Labute approximate surface area is 205 Å². The van der Waals surface area contributed by atoms with Crippen LogP contribution in [0.1, 0.15) is 48.0 Å². The maximum atomic E-state index is 12.9. The van der Waals surface area contributed by atoms with Crippen molar-refractivity contribution in [1.82, 2.24) is 19.7 Å². The van der Waals surface area contributed by atoms with E-state index in [0.29, 0.717) is 28.7 Å². The van der Waals surface area contributed by atoms with E-state index < -0.39 is 0 Å². The molecule has 6 rings (SSSR count). The molecule has 1 fully saturated rings. The van der Waals surface area contributed by atoms with Crippen molar-refractivity contribution in [3.05, 3.63) is 82.7 Å². The number of nitrogens with zero attached hydrogens (tertiary/aromatic N) is 4. The normalized spacial score (nSPS) is 13.9. The topological polar surface area (TPSA) is 116 Å². The zero-order chi connectivity index (χ0) is 24.6. The smallest absolute Gasteiger partial charge is 0.291 e. The molecule has 1 saturated carbocycles. The highest BCUT2D eigenvalue weighted by molar-refractivity contribution is 6.02. The molecular weight excluding hydrogens is 458 g/mol. The number of benzene rings is 2. The highest BCUT2D eigenvalue weighted by atomic mass is 16.5. The molecule has 9 heteroatoms. The molecule has 0 aliphatic heterocycles. The number of carbonyl (C=O) groups is 1. The maximum absolute atomic E-state index is 12.9. The van der Waals surface area contributed by atoms with Gasteiger partial charge in [-0.1, -0.05) is 24.1 Å². The van der Waals surface area contributed by atoms with Gasteiger partial charge < -0.3 is 18.8 Å². The number of carbonyl (C=O) groups excluding carboxylic acids is 1. The molecule has 0 spiro atoms. The lowest BCUT2D eigenvalue weighted by molar-refractivity contribution is 0.0996. The fourth-order valence-corrected chi connectivity index (χ4v) is 4.78. The Balaban J connectivity index is 1.30. The van der Waals surface area contributed by atoms with Gasteiger partial charge >= 0.3 is 0 Å². The van der Waals surface area contributed by atoms with Gasteiger partial charge in [-0.15, -0.1) is 0 Å². The molecular formula is C27H23N5O4. The van der Waals surface area contributed by atoms with Gasteiger partial charge in [0.15, 0.2) is 5.76 Å². The lowest BCUT2D eigenvalue weighted by Crippen LogP contribution is -2.26. The van der Waals surface area contributed by atoms with E-state index in [1.165, 1.54) is 6.26 Å². The first-order valence-electron chi connectivity index (χ1n) is 11.9. The third-order valence-electron chi connectivity index (χ3n) is 6.54. The van der Waals surface area contributed by atoms with Crippen LogP contribution in [0.5, 0.6) is 0 Å². The fourth-order valence-electron chi connectivity index (χ4n) is 4.78. The van der Waals surface area contributed by atoms with E-state index in [1.54, 1.807) is 37.3 Å². The van der Waals surface area contributed by atoms with Gasteiger partial charge in [-0.25, -0.2) is 4.98 Å². The van der Waals surface area contributed by atoms with Crippen molar-refractivity contribution < 1.29 is 13.7 Å². The average Bonchev–Trinajstić information content (AvgIpc) is 3.68. The Kier molecular flexibility index (Phi) is 5.44. The van der Waals surface area contributed by atoms with Crippen LogP contribution in [-0.4, -0.2) is 25.6 Å². The van der Waals surface area contributed by atoms with E-state index in [4.69, 9.17) is 8.94 Å². The van der Waals surface area contributed by atoms with E-state index in [-0.39, 0.29) is 23.3 Å². The number of anilines is 1. The van der Waals surface area contributed by atoms with Gasteiger partial charge in [0.05, 0.1) is 17.3 Å². The number of aromatic nitrogens is 4. The Morgan fingerprint density at radius 3 is 2.69 bits per heavy atom. The summed E-state index contributed by atoms with van der Waals surface area (Å²) in [6.45, 7) is 1.75. The summed E-state index contributed by atoms with van der Waals surface area (Å²) < 4.78 is 12.6. The van der Waals surface area contributed by atoms with Gasteiger partial charge in [0, 0.05) is 22.9 Å². The van der Waals surface area contributed by atoms with Gasteiger partial charge in [0.25, 0.3) is 17.4 Å². The highest BCUT2D eigenvalue weighted by Crippen LogP contribution is 2.32. The van der Waals surface area contributed by atoms with E-state index in [0.717, 1.165) is 42.3 Å². The summed E-state index contributed by atoms with van der Waals surface area (Å²) in [5, 5.41) is 6.95. The second-order valence-corrected chi connectivity index (χ2v) is 8.95. The Morgan fingerprint density at radius 2 is 1.89 bits per heavy atom. The SMILES string of the molecule is Cc1nc2cc(-c3noc(-c4cccc(NC(=O)c5ccco5)c4)n3)ccc2n(C2CCCC2)c1=O. The van der Waals surface area contributed by atoms with Gasteiger partial charge in [0.1, 0.15) is 5.69 Å². The van der Waals surface area contributed by atoms with Crippen LogP contribution in [-0.2, 0) is 0 Å². The number of hydrogen-bond donors (Lipinski definition) is 1. The lowest BCUT2D eigenvalue weighted by Gasteiger charge is -2.17. The lowest BCUT2D eigenvalue weighted by atomic mass is 10.1. The third kappa shape index (κ3) is 3.98. The molecule has 0 unspecified atom stereocenters. The molecule has 0 radical (unpaired) electrons. The number of amides is 1. The van der Waals surface area contributed by atoms with Crippen molar-refractivity contribution in [2.24, 2.45) is 0 Å². The molecule has 1 aliphatic carbocycles. The second kappa shape index (κ2) is 8.92. The van der Waals surface area contributed by atoms with Crippen LogP contribution in [0.4, 0.5) is 5.69 Å². The van der Waals surface area contributed by atoms with Crippen LogP contribution >= 0.6 is 0 Å². The molecule has 5 aromatic rings. The predicted molar refractivity (Wildman–Crippen MR) is 134 cm³/mol. The number of hydrogen-bond acceptors (Lipinski definition) is 7. The first-order valence-corrected chi connectivity index (χ1v) is 11.9.